The fraction of sp³-hybridized carbons (Fsp3) is 0.375. The molecule has 2 N–H and O–H groups in total. The van der Waals surface area contributed by atoms with Crippen LogP contribution in [0.4, 0.5) is 10.5 Å². The number of urea groups is 1. The van der Waals surface area contributed by atoms with E-state index in [0.29, 0.717) is 12.5 Å². The first-order valence-electron chi connectivity index (χ1n) is 7.46. The number of ether oxygens (including phenoxy) is 1. The van der Waals surface area contributed by atoms with Crippen LogP contribution >= 0.6 is 0 Å². The van der Waals surface area contributed by atoms with E-state index in [1.807, 2.05) is 41.9 Å². The Balaban J connectivity index is 1.60. The van der Waals surface area contributed by atoms with E-state index in [4.69, 9.17) is 4.74 Å². The fourth-order valence-corrected chi connectivity index (χ4v) is 2.51. The molecule has 1 saturated heterocycles. The molecule has 0 spiro atoms. The molecule has 1 aliphatic heterocycles. The van der Waals surface area contributed by atoms with E-state index in [1.54, 1.807) is 6.20 Å². The quantitative estimate of drug-likeness (QED) is 0.910. The van der Waals surface area contributed by atoms with Crippen LogP contribution in [0.2, 0.25) is 0 Å². The van der Waals surface area contributed by atoms with Crippen molar-refractivity contribution in [1.29, 1.82) is 0 Å². The molecule has 6 heteroatoms. The highest BCUT2D eigenvalue weighted by Gasteiger charge is 2.16. The number of carbonyl (C=O) groups excluding carboxylic acids is 1. The third-order valence-corrected chi connectivity index (χ3v) is 3.76. The molecule has 1 aliphatic rings. The van der Waals surface area contributed by atoms with Crippen LogP contribution in [0.5, 0.6) is 0 Å². The number of hydrogen-bond donors (Lipinski definition) is 2. The van der Waals surface area contributed by atoms with E-state index >= 15 is 0 Å². The van der Waals surface area contributed by atoms with E-state index in [1.165, 1.54) is 0 Å². The monoisotopic (exact) mass is 300 g/mol. The lowest BCUT2D eigenvalue weighted by molar-refractivity contribution is 0.185. The van der Waals surface area contributed by atoms with Crippen molar-refractivity contribution in [2.24, 2.45) is 5.92 Å². The highest BCUT2D eigenvalue weighted by atomic mass is 16.5. The largest absolute Gasteiger partial charge is 0.381 e. The Bertz CT molecular complexity index is 647. The summed E-state index contributed by atoms with van der Waals surface area (Å²) in [5, 5.41) is 10.0. The Kier molecular flexibility index (Phi) is 4.39. The Hall–Kier alpha value is -2.34. The smallest absolute Gasteiger partial charge is 0.319 e. The van der Waals surface area contributed by atoms with Gasteiger partial charge in [-0.05, 0) is 37.6 Å². The molecule has 22 heavy (non-hydrogen) atoms. The Morgan fingerprint density at radius 1 is 1.45 bits per heavy atom. The number of benzene rings is 1. The van der Waals surface area contributed by atoms with Gasteiger partial charge < -0.3 is 15.4 Å². The first-order valence-corrected chi connectivity index (χ1v) is 7.46. The third kappa shape index (κ3) is 3.46. The minimum Gasteiger partial charge on any atom is -0.381 e. The maximum absolute atomic E-state index is 11.9. The van der Waals surface area contributed by atoms with Gasteiger partial charge in [-0.1, -0.05) is 6.07 Å². The number of anilines is 1. The molecule has 3 rings (SSSR count). The second kappa shape index (κ2) is 6.62. The number of aromatic nitrogens is 2. The number of hydrogen-bond acceptors (Lipinski definition) is 3. The van der Waals surface area contributed by atoms with Gasteiger partial charge in [0.25, 0.3) is 0 Å². The van der Waals surface area contributed by atoms with Crippen LogP contribution in [0, 0.1) is 12.8 Å². The van der Waals surface area contributed by atoms with Crippen molar-refractivity contribution >= 4 is 11.7 Å². The number of aryl methyl sites for hydroxylation is 1. The predicted molar refractivity (Wildman–Crippen MR) is 84.2 cm³/mol. The molecule has 1 aromatic carbocycles. The van der Waals surface area contributed by atoms with Crippen molar-refractivity contribution in [3.63, 3.8) is 0 Å². The van der Waals surface area contributed by atoms with E-state index in [0.717, 1.165) is 36.7 Å². The second-order valence-corrected chi connectivity index (χ2v) is 5.50. The third-order valence-electron chi connectivity index (χ3n) is 3.76. The van der Waals surface area contributed by atoms with Crippen LogP contribution in [0.25, 0.3) is 5.69 Å². The molecule has 1 aromatic heterocycles. The van der Waals surface area contributed by atoms with Crippen molar-refractivity contribution in [3.05, 3.63) is 42.2 Å². The molecule has 1 fully saturated rings. The topological polar surface area (TPSA) is 68.2 Å². The summed E-state index contributed by atoms with van der Waals surface area (Å²) in [4.78, 5) is 11.9. The lowest BCUT2D eigenvalue weighted by Crippen LogP contribution is -2.33. The molecular weight excluding hydrogens is 280 g/mol. The summed E-state index contributed by atoms with van der Waals surface area (Å²) in [7, 11) is 0. The van der Waals surface area contributed by atoms with E-state index in [-0.39, 0.29) is 6.03 Å². The van der Waals surface area contributed by atoms with Gasteiger partial charge in [0.15, 0.2) is 0 Å². The second-order valence-electron chi connectivity index (χ2n) is 5.50. The van der Waals surface area contributed by atoms with E-state index in [2.05, 4.69) is 15.7 Å². The average molecular weight is 300 g/mol. The normalized spacial score (nSPS) is 17.4. The summed E-state index contributed by atoms with van der Waals surface area (Å²) in [6.07, 6.45) is 2.76. The fourth-order valence-electron chi connectivity index (χ4n) is 2.51. The van der Waals surface area contributed by atoms with Crippen molar-refractivity contribution in [3.8, 4) is 5.69 Å². The number of nitrogens with one attached hydrogen (secondary N) is 2. The highest BCUT2D eigenvalue weighted by molar-refractivity contribution is 5.89. The summed E-state index contributed by atoms with van der Waals surface area (Å²) in [6.45, 7) is 4.15. The summed E-state index contributed by atoms with van der Waals surface area (Å²) >= 11 is 0. The average Bonchev–Trinajstić information content (AvgIpc) is 3.16. The molecule has 6 nitrogen and oxygen atoms in total. The lowest BCUT2D eigenvalue weighted by atomic mass is 10.1. The van der Waals surface area contributed by atoms with Gasteiger partial charge in [-0.25, -0.2) is 9.48 Å². The molecule has 2 aromatic rings. The van der Waals surface area contributed by atoms with Gasteiger partial charge in [0.05, 0.1) is 12.3 Å². The van der Waals surface area contributed by atoms with Crippen LogP contribution in [-0.4, -0.2) is 35.6 Å². The van der Waals surface area contributed by atoms with Crippen molar-refractivity contribution < 1.29 is 9.53 Å². The minimum atomic E-state index is -0.193. The Morgan fingerprint density at radius 3 is 3.09 bits per heavy atom. The van der Waals surface area contributed by atoms with Gasteiger partial charge in [0, 0.05) is 36.6 Å². The van der Waals surface area contributed by atoms with Gasteiger partial charge in [-0.3, -0.25) is 0 Å². The lowest BCUT2D eigenvalue weighted by Gasteiger charge is -2.12. The molecule has 0 saturated carbocycles. The van der Waals surface area contributed by atoms with Gasteiger partial charge in [-0.2, -0.15) is 5.10 Å². The van der Waals surface area contributed by atoms with Crippen molar-refractivity contribution in [2.45, 2.75) is 13.3 Å². The van der Waals surface area contributed by atoms with Crippen LogP contribution in [0.1, 0.15) is 12.1 Å². The predicted octanol–water partition coefficient (Wildman–Crippen LogP) is 2.34. The molecule has 116 valence electrons. The Labute approximate surface area is 129 Å². The van der Waals surface area contributed by atoms with Crippen LogP contribution < -0.4 is 10.6 Å². The van der Waals surface area contributed by atoms with Gasteiger partial charge in [0.1, 0.15) is 0 Å². The molecule has 0 aliphatic carbocycles. The number of carbonyl (C=O) groups is 1. The van der Waals surface area contributed by atoms with E-state index < -0.39 is 0 Å². The first-order chi connectivity index (χ1) is 10.7. The minimum absolute atomic E-state index is 0.193. The summed E-state index contributed by atoms with van der Waals surface area (Å²) in [5.74, 6) is 0.420. The number of rotatable bonds is 4. The molecule has 0 unspecified atom stereocenters. The molecule has 0 radical (unpaired) electrons. The zero-order valence-corrected chi connectivity index (χ0v) is 12.6. The molecular formula is C16H20N4O2. The summed E-state index contributed by atoms with van der Waals surface area (Å²) in [5.41, 5.74) is 2.71. The Morgan fingerprint density at radius 2 is 2.36 bits per heavy atom. The zero-order chi connectivity index (χ0) is 15.4. The zero-order valence-electron chi connectivity index (χ0n) is 12.6. The van der Waals surface area contributed by atoms with Crippen LogP contribution in [0.3, 0.4) is 0 Å². The molecule has 0 bridgehead atoms. The maximum atomic E-state index is 11.9. The highest BCUT2D eigenvalue weighted by Crippen LogP contribution is 2.16. The standard InChI is InChI=1S/C16H20N4O2/c1-12-5-7-18-20(12)15-4-2-3-14(9-15)19-16(21)17-10-13-6-8-22-11-13/h2-5,7,9,13H,6,8,10-11H2,1H3,(H2,17,19,21)/t13-/m0/s1. The van der Waals surface area contributed by atoms with Gasteiger partial charge in [-0.15, -0.1) is 0 Å². The maximum Gasteiger partial charge on any atom is 0.319 e. The summed E-state index contributed by atoms with van der Waals surface area (Å²) < 4.78 is 7.13. The summed E-state index contributed by atoms with van der Waals surface area (Å²) in [6, 6.07) is 9.37. The number of amides is 2. The van der Waals surface area contributed by atoms with Gasteiger partial charge >= 0.3 is 6.03 Å². The van der Waals surface area contributed by atoms with Gasteiger partial charge in [0.2, 0.25) is 0 Å². The van der Waals surface area contributed by atoms with E-state index in [9.17, 15) is 4.79 Å². The number of nitrogens with zero attached hydrogens (tertiary/aromatic N) is 2. The SMILES string of the molecule is Cc1ccnn1-c1cccc(NC(=O)NC[C@@H]2CCOC2)c1. The molecule has 2 amide bonds. The van der Waals surface area contributed by atoms with Crippen molar-refractivity contribution in [1.82, 2.24) is 15.1 Å². The molecule has 1 atom stereocenters. The first kappa shape index (κ1) is 14.6. The van der Waals surface area contributed by atoms with Crippen LogP contribution in [0.15, 0.2) is 36.5 Å². The van der Waals surface area contributed by atoms with Crippen LogP contribution in [-0.2, 0) is 4.74 Å². The van der Waals surface area contributed by atoms with Crippen molar-refractivity contribution in [2.75, 3.05) is 25.1 Å². The molecule has 2 heterocycles.